The minimum atomic E-state index is -0.354. The molecule has 0 spiro atoms. The molecule has 2 aromatic rings. The number of carbonyl (C=O) groups is 1. The van der Waals surface area contributed by atoms with Crippen LogP contribution in [0.5, 0.6) is 5.75 Å². The topological polar surface area (TPSA) is 29.5 Å². The summed E-state index contributed by atoms with van der Waals surface area (Å²) in [6.45, 7) is 1.48. The van der Waals surface area contributed by atoms with Gasteiger partial charge in [-0.25, -0.2) is 0 Å². The Morgan fingerprint density at radius 3 is 2.52 bits per heavy atom. The summed E-state index contributed by atoms with van der Waals surface area (Å²) in [5, 5.41) is 0. The number of carbonyl (C=O) groups excluding carboxylic acids is 1. The molecule has 0 bridgehead atoms. The Bertz CT molecular complexity index is 670. The van der Waals surface area contributed by atoms with Gasteiger partial charge in [0.05, 0.1) is 0 Å². The lowest BCUT2D eigenvalue weighted by atomic mass is 9.99. The fourth-order valence-electron chi connectivity index (χ4n) is 3.21. The zero-order chi connectivity index (χ0) is 14.2. The van der Waals surface area contributed by atoms with E-state index in [0.29, 0.717) is 13.0 Å². The second-order valence-electron chi connectivity index (χ2n) is 5.70. The van der Waals surface area contributed by atoms with Gasteiger partial charge in [0.15, 0.2) is 6.10 Å². The Balaban J connectivity index is 1.50. The Hall–Kier alpha value is -2.29. The number of fused-ring (bicyclic) bond motifs is 2. The molecule has 0 saturated heterocycles. The van der Waals surface area contributed by atoms with Crippen molar-refractivity contribution in [3.63, 3.8) is 0 Å². The van der Waals surface area contributed by atoms with Crippen LogP contribution in [0.25, 0.3) is 0 Å². The van der Waals surface area contributed by atoms with E-state index in [0.717, 1.165) is 24.3 Å². The summed E-state index contributed by atoms with van der Waals surface area (Å²) >= 11 is 0. The minimum absolute atomic E-state index is 0.112. The maximum atomic E-state index is 12.7. The molecular formula is C18H17NO2. The number of ether oxygens (including phenoxy) is 1. The first-order chi connectivity index (χ1) is 10.3. The smallest absolute Gasteiger partial charge is 0.264 e. The van der Waals surface area contributed by atoms with E-state index in [9.17, 15) is 4.79 Å². The van der Waals surface area contributed by atoms with Gasteiger partial charge in [0.2, 0.25) is 0 Å². The first kappa shape index (κ1) is 12.5. The molecule has 0 radical (unpaired) electrons. The molecule has 0 aromatic heterocycles. The summed E-state index contributed by atoms with van der Waals surface area (Å²) in [6.07, 6.45) is 1.27. The van der Waals surface area contributed by atoms with E-state index in [2.05, 4.69) is 18.2 Å². The Kier molecular flexibility index (Phi) is 2.92. The third-order valence-electron chi connectivity index (χ3n) is 4.36. The molecule has 0 aliphatic carbocycles. The average Bonchev–Trinajstić information content (AvgIpc) is 2.97. The van der Waals surface area contributed by atoms with Crippen molar-refractivity contribution in [2.24, 2.45) is 0 Å². The monoisotopic (exact) mass is 279 g/mol. The van der Waals surface area contributed by atoms with Crippen molar-refractivity contribution < 1.29 is 9.53 Å². The lowest BCUT2D eigenvalue weighted by Gasteiger charge is -2.30. The van der Waals surface area contributed by atoms with Gasteiger partial charge in [-0.15, -0.1) is 0 Å². The Morgan fingerprint density at radius 1 is 1.00 bits per heavy atom. The largest absolute Gasteiger partial charge is 0.480 e. The average molecular weight is 279 g/mol. The standard InChI is InChI=1S/C18H17NO2/c20-18(17-11-14-6-3-4-8-16(14)21-17)19-10-9-13-5-1-2-7-15(13)12-19/h1-8,17H,9-12H2. The van der Waals surface area contributed by atoms with Gasteiger partial charge >= 0.3 is 0 Å². The zero-order valence-corrected chi connectivity index (χ0v) is 11.8. The van der Waals surface area contributed by atoms with Crippen LogP contribution in [0.1, 0.15) is 16.7 Å². The summed E-state index contributed by atoms with van der Waals surface area (Å²) in [5.41, 5.74) is 3.75. The third-order valence-corrected chi connectivity index (χ3v) is 4.36. The molecule has 3 nitrogen and oxygen atoms in total. The van der Waals surface area contributed by atoms with Gasteiger partial charge in [-0.3, -0.25) is 4.79 Å². The first-order valence-corrected chi connectivity index (χ1v) is 7.41. The molecule has 0 saturated carbocycles. The van der Waals surface area contributed by atoms with Crippen molar-refractivity contribution in [1.82, 2.24) is 4.90 Å². The molecule has 2 heterocycles. The highest BCUT2D eigenvalue weighted by Crippen LogP contribution is 2.30. The fourth-order valence-corrected chi connectivity index (χ4v) is 3.21. The van der Waals surface area contributed by atoms with Crippen molar-refractivity contribution in [2.45, 2.75) is 25.5 Å². The predicted octanol–water partition coefficient (Wildman–Crippen LogP) is 2.58. The molecule has 1 amide bonds. The minimum Gasteiger partial charge on any atom is -0.480 e. The number of rotatable bonds is 1. The summed E-state index contributed by atoms with van der Waals surface area (Å²) in [7, 11) is 0. The van der Waals surface area contributed by atoms with Crippen molar-refractivity contribution in [3.8, 4) is 5.75 Å². The van der Waals surface area contributed by atoms with E-state index in [1.165, 1.54) is 11.1 Å². The van der Waals surface area contributed by atoms with Crippen LogP contribution in [-0.4, -0.2) is 23.5 Å². The van der Waals surface area contributed by atoms with E-state index >= 15 is 0 Å². The second kappa shape index (κ2) is 4.92. The van der Waals surface area contributed by atoms with E-state index in [1.54, 1.807) is 0 Å². The van der Waals surface area contributed by atoms with Gasteiger partial charge in [-0.05, 0) is 29.2 Å². The van der Waals surface area contributed by atoms with Crippen molar-refractivity contribution >= 4 is 5.91 Å². The summed E-state index contributed by atoms with van der Waals surface area (Å²) in [4.78, 5) is 14.6. The molecule has 3 heteroatoms. The molecule has 2 aliphatic rings. The van der Waals surface area contributed by atoms with Crippen LogP contribution in [0.3, 0.4) is 0 Å². The first-order valence-electron chi connectivity index (χ1n) is 7.41. The molecule has 2 aliphatic heterocycles. The number of nitrogens with zero attached hydrogens (tertiary/aromatic N) is 1. The van der Waals surface area contributed by atoms with E-state index in [4.69, 9.17) is 4.74 Å². The van der Waals surface area contributed by atoms with Crippen LogP contribution in [0.2, 0.25) is 0 Å². The van der Waals surface area contributed by atoms with Crippen LogP contribution in [-0.2, 0) is 24.2 Å². The number of amides is 1. The highest BCUT2D eigenvalue weighted by molar-refractivity contribution is 5.83. The van der Waals surface area contributed by atoms with Crippen LogP contribution in [0.4, 0.5) is 0 Å². The molecule has 1 unspecified atom stereocenters. The highest BCUT2D eigenvalue weighted by atomic mass is 16.5. The van der Waals surface area contributed by atoms with Gasteiger partial charge in [0, 0.05) is 19.5 Å². The lowest BCUT2D eigenvalue weighted by molar-refractivity contribution is -0.138. The molecule has 4 rings (SSSR count). The fraction of sp³-hybridized carbons (Fsp3) is 0.278. The zero-order valence-electron chi connectivity index (χ0n) is 11.8. The van der Waals surface area contributed by atoms with Crippen molar-refractivity contribution in [1.29, 1.82) is 0 Å². The summed E-state index contributed by atoms with van der Waals surface area (Å²) in [6, 6.07) is 16.3. The van der Waals surface area contributed by atoms with Crippen molar-refractivity contribution in [3.05, 3.63) is 65.2 Å². The molecule has 0 fully saturated rings. The molecule has 2 aromatic carbocycles. The maximum Gasteiger partial charge on any atom is 0.264 e. The van der Waals surface area contributed by atoms with Crippen LogP contribution in [0.15, 0.2) is 48.5 Å². The van der Waals surface area contributed by atoms with Gasteiger partial charge in [-0.2, -0.15) is 0 Å². The molecule has 21 heavy (non-hydrogen) atoms. The van der Waals surface area contributed by atoms with Gasteiger partial charge in [0.1, 0.15) is 5.75 Å². The van der Waals surface area contributed by atoms with Crippen LogP contribution in [0, 0.1) is 0 Å². The SMILES string of the molecule is O=C(C1Cc2ccccc2O1)N1CCc2ccccc2C1. The lowest BCUT2D eigenvalue weighted by Crippen LogP contribution is -2.43. The number of hydrogen-bond acceptors (Lipinski definition) is 2. The normalized spacial score (nSPS) is 19.6. The van der Waals surface area contributed by atoms with E-state index in [1.807, 2.05) is 35.2 Å². The summed E-state index contributed by atoms with van der Waals surface area (Å²) < 4.78 is 5.82. The highest BCUT2D eigenvalue weighted by Gasteiger charge is 2.33. The summed E-state index contributed by atoms with van der Waals surface area (Å²) in [5.74, 6) is 0.967. The van der Waals surface area contributed by atoms with E-state index < -0.39 is 0 Å². The Labute approximate surface area is 124 Å². The van der Waals surface area contributed by atoms with Gasteiger partial charge in [0.25, 0.3) is 5.91 Å². The van der Waals surface area contributed by atoms with Gasteiger partial charge < -0.3 is 9.64 Å². The number of benzene rings is 2. The molecular weight excluding hydrogens is 262 g/mol. The quantitative estimate of drug-likeness (QED) is 0.803. The molecule has 0 N–H and O–H groups in total. The predicted molar refractivity (Wildman–Crippen MR) is 80.1 cm³/mol. The second-order valence-corrected chi connectivity index (χ2v) is 5.70. The van der Waals surface area contributed by atoms with Crippen LogP contribution < -0.4 is 4.74 Å². The third kappa shape index (κ3) is 2.19. The Morgan fingerprint density at radius 2 is 1.71 bits per heavy atom. The number of hydrogen-bond donors (Lipinski definition) is 0. The molecule has 1 atom stereocenters. The van der Waals surface area contributed by atoms with Gasteiger partial charge in [-0.1, -0.05) is 42.5 Å². The number of para-hydroxylation sites is 1. The van der Waals surface area contributed by atoms with E-state index in [-0.39, 0.29) is 12.0 Å². The molecule has 106 valence electrons. The van der Waals surface area contributed by atoms with Crippen LogP contribution >= 0.6 is 0 Å². The maximum absolute atomic E-state index is 12.7. The van der Waals surface area contributed by atoms with Crippen molar-refractivity contribution in [2.75, 3.05) is 6.54 Å².